The summed E-state index contributed by atoms with van der Waals surface area (Å²) in [4.78, 5) is 12.0. The first kappa shape index (κ1) is 23.3. The first-order valence-electron chi connectivity index (χ1n) is 10.6. The maximum absolute atomic E-state index is 14.0. The van der Waals surface area contributed by atoms with E-state index < -0.39 is 10.0 Å². The third-order valence-corrected chi connectivity index (χ3v) is 7.30. The summed E-state index contributed by atoms with van der Waals surface area (Å²) in [5.74, 6) is 0.674. The number of fused-ring (bicyclic) bond motifs is 1. The lowest BCUT2D eigenvalue weighted by atomic mass is 10.0. The minimum Gasteiger partial charge on any atom is -0.493 e. The number of hydrogen-bond donors (Lipinski definition) is 0. The second-order valence-corrected chi connectivity index (χ2v) is 9.66. The number of methoxy groups -OCH3 is 2. The number of aryl methyl sites for hydroxylation is 1. The van der Waals surface area contributed by atoms with E-state index in [0.717, 1.165) is 11.1 Å². The van der Waals surface area contributed by atoms with Gasteiger partial charge < -0.3 is 9.47 Å². The van der Waals surface area contributed by atoms with Crippen LogP contribution < -0.4 is 9.47 Å². The molecule has 0 aliphatic rings. The fraction of sp³-hybridized carbons (Fsp3) is 0.148. The van der Waals surface area contributed by atoms with E-state index in [2.05, 4.69) is 0 Å². The number of hydrogen-bond acceptors (Lipinski definition) is 5. The van der Waals surface area contributed by atoms with Crippen LogP contribution >= 0.6 is 0 Å². The minimum absolute atomic E-state index is 0.141. The van der Waals surface area contributed by atoms with Gasteiger partial charge in [0.1, 0.15) is 0 Å². The molecule has 0 radical (unpaired) electrons. The Kier molecular flexibility index (Phi) is 6.30. The Morgan fingerprint density at radius 2 is 1.53 bits per heavy atom. The Balaban J connectivity index is 2.20. The van der Waals surface area contributed by atoms with Crippen LogP contribution in [-0.2, 0) is 14.8 Å². The maximum Gasteiger partial charge on any atom is 0.268 e. The van der Waals surface area contributed by atoms with Gasteiger partial charge in [-0.25, -0.2) is 12.4 Å². The molecule has 0 unspecified atom stereocenters. The van der Waals surface area contributed by atoms with E-state index >= 15 is 0 Å². The molecule has 3 aromatic carbocycles. The summed E-state index contributed by atoms with van der Waals surface area (Å²) in [5.41, 5.74) is 3.21. The van der Waals surface area contributed by atoms with Gasteiger partial charge in [0, 0.05) is 17.0 Å². The lowest BCUT2D eigenvalue weighted by molar-refractivity contribution is -0.112. The van der Waals surface area contributed by atoms with Gasteiger partial charge in [-0.15, -0.1) is 0 Å². The highest BCUT2D eigenvalue weighted by Gasteiger charge is 2.28. The molecule has 0 spiro atoms. The zero-order chi connectivity index (χ0) is 24.5. The number of benzene rings is 3. The van der Waals surface area contributed by atoms with Gasteiger partial charge in [0.05, 0.1) is 30.3 Å². The molecule has 0 N–H and O–H groups in total. The smallest absolute Gasteiger partial charge is 0.268 e. The van der Waals surface area contributed by atoms with E-state index in [-0.39, 0.29) is 10.7 Å². The van der Waals surface area contributed by atoms with Crippen LogP contribution in [0.3, 0.4) is 0 Å². The zero-order valence-corrected chi connectivity index (χ0v) is 20.2. The highest BCUT2D eigenvalue weighted by Crippen LogP contribution is 2.43. The quantitative estimate of drug-likeness (QED) is 0.331. The normalized spacial score (nSPS) is 11.8. The molecule has 174 valence electrons. The predicted octanol–water partition coefficient (Wildman–Crippen LogP) is 5.47. The monoisotopic (exact) mass is 475 g/mol. The highest BCUT2D eigenvalue weighted by atomic mass is 32.2. The molecule has 0 amide bonds. The summed E-state index contributed by atoms with van der Waals surface area (Å²) in [6, 6.07) is 19.5. The average molecular weight is 476 g/mol. The summed E-state index contributed by atoms with van der Waals surface area (Å²) >= 11 is 0. The Morgan fingerprint density at radius 1 is 0.912 bits per heavy atom. The van der Waals surface area contributed by atoms with Gasteiger partial charge in [0.15, 0.2) is 17.3 Å². The summed E-state index contributed by atoms with van der Waals surface area (Å²) < 4.78 is 40.3. The second-order valence-electron chi connectivity index (χ2n) is 7.88. The van der Waals surface area contributed by atoms with Crippen LogP contribution in [0.1, 0.15) is 18.2 Å². The van der Waals surface area contributed by atoms with Crippen molar-refractivity contribution in [3.63, 3.8) is 0 Å². The van der Waals surface area contributed by atoms with Crippen LogP contribution in [0, 0.1) is 6.92 Å². The van der Waals surface area contributed by atoms with Crippen molar-refractivity contribution in [2.24, 2.45) is 0 Å². The van der Waals surface area contributed by atoms with Crippen LogP contribution in [0.5, 0.6) is 11.5 Å². The SMILES string of the molecule is COc1cc2c(-c3ccccc3)c(C=CC(C)=O)n(S(=O)(=O)c3ccc(C)cc3)c2cc1OC. The number of rotatable bonds is 7. The summed E-state index contributed by atoms with van der Waals surface area (Å²) in [7, 11) is -1.00. The van der Waals surface area contributed by atoms with Gasteiger partial charge in [-0.2, -0.15) is 0 Å². The van der Waals surface area contributed by atoms with Crippen molar-refractivity contribution in [3.05, 3.63) is 84.1 Å². The van der Waals surface area contributed by atoms with E-state index in [4.69, 9.17) is 9.47 Å². The molecule has 7 heteroatoms. The molecule has 0 atom stereocenters. The van der Waals surface area contributed by atoms with Crippen molar-refractivity contribution in [2.75, 3.05) is 14.2 Å². The largest absolute Gasteiger partial charge is 0.493 e. The molecule has 0 aliphatic carbocycles. The number of ether oxygens (including phenoxy) is 2. The Bertz CT molecular complexity index is 1500. The molecule has 1 aromatic heterocycles. The third kappa shape index (κ3) is 4.10. The lowest BCUT2D eigenvalue weighted by Crippen LogP contribution is -2.14. The molecule has 0 saturated carbocycles. The first-order chi connectivity index (χ1) is 16.3. The van der Waals surface area contributed by atoms with Crippen LogP contribution in [0.4, 0.5) is 0 Å². The van der Waals surface area contributed by atoms with E-state index in [9.17, 15) is 13.2 Å². The topological polar surface area (TPSA) is 74.6 Å². The van der Waals surface area contributed by atoms with Crippen molar-refractivity contribution in [2.45, 2.75) is 18.7 Å². The standard InChI is InChI=1S/C27H25NO5S/c1-18-10-13-21(14-11-18)34(30,31)28-23(15-12-19(2)29)27(20-8-6-5-7-9-20)22-16-25(32-3)26(33-4)17-24(22)28/h5-17H,1-4H3. The molecule has 34 heavy (non-hydrogen) atoms. The minimum atomic E-state index is -4.03. The summed E-state index contributed by atoms with van der Waals surface area (Å²) in [5, 5.41) is 0.655. The van der Waals surface area contributed by atoms with E-state index in [1.165, 1.54) is 31.2 Å². The average Bonchev–Trinajstić information content (AvgIpc) is 3.16. The number of carbonyl (C=O) groups excluding carboxylic acids is 1. The summed E-state index contributed by atoms with van der Waals surface area (Å²) in [6.07, 6.45) is 2.92. The molecular formula is C27H25NO5S. The molecular weight excluding hydrogens is 450 g/mol. The fourth-order valence-electron chi connectivity index (χ4n) is 3.94. The molecule has 1 heterocycles. The van der Waals surface area contributed by atoms with Crippen molar-refractivity contribution in [3.8, 4) is 22.6 Å². The molecule has 0 aliphatic heterocycles. The Hall–Kier alpha value is -3.84. The third-order valence-electron chi connectivity index (χ3n) is 5.56. The van der Waals surface area contributed by atoms with Gasteiger partial charge in [0.25, 0.3) is 10.0 Å². The highest BCUT2D eigenvalue weighted by molar-refractivity contribution is 7.90. The Labute approximate surface area is 199 Å². The number of ketones is 1. The molecule has 0 fully saturated rings. The zero-order valence-electron chi connectivity index (χ0n) is 19.4. The van der Waals surface area contributed by atoms with Crippen molar-refractivity contribution < 1.29 is 22.7 Å². The summed E-state index contributed by atoms with van der Waals surface area (Å²) in [6.45, 7) is 3.32. The van der Waals surface area contributed by atoms with Gasteiger partial charge in [-0.05, 0) is 49.8 Å². The van der Waals surface area contributed by atoms with Crippen molar-refractivity contribution >= 4 is 32.8 Å². The van der Waals surface area contributed by atoms with Crippen LogP contribution in [0.15, 0.2) is 77.7 Å². The van der Waals surface area contributed by atoms with Gasteiger partial charge in [-0.3, -0.25) is 4.79 Å². The Morgan fingerprint density at radius 3 is 2.12 bits per heavy atom. The molecule has 4 aromatic rings. The van der Waals surface area contributed by atoms with Crippen molar-refractivity contribution in [1.82, 2.24) is 3.97 Å². The van der Waals surface area contributed by atoms with Crippen LogP contribution in [-0.4, -0.2) is 32.4 Å². The van der Waals surface area contributed by atoms with Gasteiger partial charge in [0.2, 0.25) is 0 Å². The first-order valence-corrected chi connectivity index (χ1v) is 12.1. The molecule has 0 bridgehead atoms. The molecule has 6 nitrogen and oxygen atoms in total. The number of nitrogens with zero attached hydrogens (tertiary/aromatic N) is 1. The van der Waals surface area contributed by atoms with Crippen LogP contribution in [0.2, 0.25) is 0 Å². The number of aromatic nitrogens is 1. The van der Waals surface area contributed by atoms with Crippen LogP contribution in [0.25, 0.3) is 28.1 Å². The number of allylic oxidation sites excluding steroid dienone is 1. The van der Waals surface area contributed by atoms with E-state index in [1.54, 1.807) is 42.5 Å². The fourth-order valence-corrected chi connectivity index (χ4v) is 5.45. The second kappa shape index (κ2) is 9.19. The lowest BCUT2D eigenvalue weighted by Gasteiger charge is -2.12. The van der Waals surface area contributed by atoms with Gasteiger partial charge >= 0.3 is 0 Å². The number of carbonyl (C=O) groups is 1. The maximum atomic E-state index is 14.0. The predicted molar refractivity (Wildman–Crippen MR) is 134 cm³/mol. The van der Waals surface area contributed by atoms with Gasteiger partial charge in [-0.1, -0.05) is 48.0 Å². The van der Waals surface area contributed by atoms with E-state index in [0.29, 0.717) is 33.7 Å². The van der Waals surface area contributed by atoms with E-state index in [1.807, 2.05) is 37.3 Å². The molecule has 4 rings (SSSR count). The molecule has 0 saturated heterocycles. The van der Waals surface area contributed by atoms with Crippen molar-refractivity contribution in [1.29, 1.82) is 0 Å².